The van der Waals surface area contributed by atoms with Gasteiger partial charge in [0, 0.05) is 5.33 Å². The van der Waals surface area contributed by atoms with Crippen LogP contribution < -0.4 is 0 Å². The Bertz CT molecular complexity index is 346. The molecule has 0 aliphatic heterocycles. The molecule has 0 N–H and O–H groups in total. The second-order valence-electron chi connectivity index (χ2n) is 3.30. The normalized spacial score (nSPS) is 10.4. The van der Waals surface area contributed by atoms with Gasteiger partial charge in [0.15, 0.2) is 0 Å². The monoisotopic (exact) mass is 263 g/mol. The highest BCUT2D eigenvalue weighted by Crippen LogP contribution is 2.06. The average molecular weight is 264 g/mol. The Morgan fingerprint density at radius 1 is 1.13 bits per heavy atom. The van der Waals surface area contributed by atoms with E-state index in [0.717, 1.165) is 30.2 Å². The van der Waals surface area contributed by atoms with Crippen molar-refractivity contribution >= 4 is 15.9 Å². The minimum absolute atomic E-state index is 0.730. The van der Waals surface area contributed by atoms with Crippen LogP contribution in [0.4, 0.5) is 0 Å². The summed E-state index contributed by atoms with van der Waals surface area (Å²) in [6.07, 6.45) is 7.61. The summed E-state index contributed by atoms with van der Waals surface area (Å²) < 4.78 is 0. The number of aryl methyl sites for hydroxylation is 1. The van der Waals surface area contributed by atoms with Crippen LogP contribution in [0.2, 0.25) is 0 Å². The lowest BCUT2D eigenvalue weighted by molar-refractivity contribution is 0.993. The molecule has 1 rings (SSSR count). The van der Waals surface area contributed by atoms with E-state index in [4.69, 9.17) is 5.26 Å². The zero-order valence-corrected chi connectivity index (χ0v) is 10.2. The van der Waals surface area contributed by atoms with Gasteiger partial charge in [-0.1, -0.05) is 40.2 Å². The van der Waals surface area contributed by atoms with Crippen molar-refractivity contribution in [3.8, 4) is 6.07 Å². The van der Waals surface area contributed by atoms with Gasteiger partial charge in [0.05, 0.1) is 11.6 Å². The highest BCUT2D eigenvalue weighted by Gasteiger charge is 1.92. The number of alkyl halides is 1. The minimum Gasteiger partial charge on any atom is -0.192 e. The lowest BCUT2D eigenvalue weighted by Crippen LogP contribution is -1.83. The highest BCUT2D eigenvalue weighted by atomic mass is 79.9. The largest absolute Gasteiger partial charge is 0.192 e. The number of benzene rings is 1. The Morgan fingerprint density at radius 3 is 2.40 bits per heavy atom. The SMILES string of the molecule is N#Cc1ccc(CCC=CCCBr)cc1. The van der Waals surface area contributed by atoms with Crippen molar-refractivity contribution in [3.63, 3.8) is 0 Å². The van der Waals surface area contributed by atoms with Gasteiger partial charge in [-0.3, -0.25) is 0 Å². The molecule has 0 spiro atoms. The number of rotatable bonds is 5. The first-order valence-electron chi connectivity index (χ1n) is 5.07. The first kappa shape index (κ1) is 12.0. The van der Waals surface area contributed by atoms with Crippen molar-refractivity contribution in [2.45, 2.75) is 19.3 Å². The van der Waals surface area contributed by atoms with Crippen LogP contribution in [0.5, 0.6) is 0 Å². The molecule has 0 radical (unpaired) electrons. The van der Waals surface area contributed by atoms with E-state index in [2.05, 4.69) is 34.2 Å². The zero-order valence-electron chi connectivity index (χ0n) is 8.62. The molecule has 0 saturated carbocycles. The quantitative estimate of drug-likeness (QED) is 0.585. The van der Waals surface area contributed by atoms with Gasteiger partial charge < -0.3 is 0 Å². The second kappa shape index (κ2) is 7.25. The summed E-state index contributed by atoms with van der Waals surface area (Å²) >= 11 is 3.38. The maximum Gasteiger partial charge on any atom is 0.0991 e. The molecule has 2 heteroatoms. The third kappa shape index (κ3) is 4.80. The summed E-state index contributed by atoms with van der Waals surface area (Å²) in [5.41, 5.74) is 2.02. The number of allylic oxidation sites excluding steroid dienone is 2. The van der Waals surface area contributed by atoms with E-state index in [9.17, 15) is 0 Å². The molecule has 0 aliphatic rings. The number of hydrogen-bond acceptors (Lipinski definition) is 1. The molecule has 0 amide bonds. The fraction of sp³-hybridized carbons (Fsp3) is 0.308. The standard InChI is InChI=1S/C13H14BrN/c14-10-4-2-1-3-5-12-6-8-13(11-15)9-7-12/h1-2,6-9H,3-5,10H2. The van der Waals surface area contributed by atoms with Gasteiger partial charge in [0.2, 0.25) is 0 Å². The molecule has 0 heterocycles. The Balaban J connectivity index is 2.35. The topological polar surface area (TPSA) is 23.8 Å². The Morgan fingerprint density at radius 2 is 1.80 bits per heavy atom. The van der Waals surface area contributed by atoms with Crippen molar-refractivity contribution in [1.82, 2.24) is 0 Å². The molecule has 1 aromatic rings. The van der Waals surface area contributed by atoms with Crippen LogP contribution in [0.25, 0.3) is 0 Å². The highest BCUT2D eigenvalue weighted by molar-refractivity contribution is 9.09. The molecular formula is C13H14BrN. The third-order valence-electron chi connectivity index (χ3n) is 2.13. The summed E-state index contributed by atoms with van der Waals surface area (Å²) in [6.45, 7) is 0. The van der Waals surface area contributed by atoms with E-state index in [-0.39, 0.29) is 0 Å². The predicted molar refractivity (Wildman–Crippen MR) is 67.0 cm³/mol. The van der Waals surface area contributed by atoms with E-state index < -0.39 is 0 Å². The summed E-state index contributed by atoms with van der Waals surface area (Å²) in [6, 6.07) is 9.91. The average Bonchev–Trinajstić information content (AvgIpc) is 2.30. The van der Waals surface area contributed by atoms with Crippen molar-refractivity contribution < 1.29 is 0 Å². The molecule has 78 valence electrons. The van der Waals surface area contributed by atoms with E-state index in [1.165, 1.54) is 5.56 Å². The van der Waals surface area contributed by atoms with Crippen LogP contribution >= 0.6 is 15.9 Å². The smallest absolute Gasteiger partial charge is 0.0991 e. The minimum atomic E-state index is 0.730. The molecule has 0 fully saturated rings. The van der Waals surface area contributed by atoms with Crippen LogP contribution in [0.15, 0.2) is 36.4 Å². The number of halogens is 1. The molecular weight excluding hydrogens is 250 g/mol. The van der Waals surface area contributed by atoms with E-state index in [1.54, 1.807) is 0 Å². The molecule has 0 aromatic heterocycles. The van der Waals surface area contributed by atoms with E-state index in [0.29, 0.717) is 0 Å². The molecule has 0 aliphatic carbocycles. The fourth-order valence-corrected chi connectivity index (χ4v) is 1.56. The Hall–Kier alpha value is -1.07. The van der Waals surface area contributed by atoms with Gasteiger partial charge >= 0.3 is 0 Å². The van der Waals surface area contributed by atoms with Gasteiger partial charge in [-0.2, -0.15) is 5.26 Å². The van der Waals surface area contributed by atoms with Crippen LogP contribution in [-0.2, 0) is 6.42 Å². The van der Waals surface area contributed by atoms with Gasteiger partial charge in [-0.15, -0.1) is 0 Å². The second-order valence-corrected chi connectivity index (χ2v) is 4.09. The maximum absolute atomic E-state index is 8.64. The van der Waals surface area contributed by atoms with Crippen LogP contribution in [-0.4, -0.2) is 5.33 Å². The van der Waals surface area contributed by atoms with Crippen LogP contribution in [0, 0.1) is 11.3 Å². The first-order chi connectivity index (χ1) is 7.36. The summed E-state index contributed by atoms with van der Waals surface area (Å²) in [5, 5.41) is 9.66. The Labute approximate surface area is 99.6 Å². The van der Waals surface area contributed by atoms with Gasteiger partial charge in [0.25, 0.3) is 0 Å². The summed E-state index contributed by atoms with van der Waals surface area (Å²) in [4.78, 5) is 0. The van der Waals surface area contributed by atoms with Gasteiger partial charge in [0.1, 0.15) is 0 Å². The van der Waals surface area contributed by atoms with E-state index in [1.807, 2.05) is 24.3 Å². The van der Waals surface area contributed by atoms with Gasteiger partial charge in [-0.25, -0.2) is 0 Å². The third-order valence-corrected chi connectivity index (χ3v) is 2.58. The van der Waals surface area contributed by atoms with Crippen molar-refractivity contribution in [2.75, 3.05) is 5.33 Å². The molecule has 0 saturated heterocycles. The zero-order chi connectivity index (χ0) is 10.9. The first-order valence-corrected chi connectivity index (χ1v) is 6.19. The summed E-state index contributed by atoms with van der Waals surface area (Å²) in [5.74, 6) is 0. The molecule has 1 aromatic carbocycles. The molecule has 0 bridgehead atoms. The van der Waals surface area contributed by atoms with Crippen molar-refractivity contribution in [3.05, 3.63) is 47.5 Å². The molecule has 1 nitrogen and oxygen atoms in total. The van der Waals surface area contributed by atoms with Crippen molar-refractivity contribution in [1.29, 1.82) is 5.26 Å². The lowest BCUT2D eigenvalue weighted by atomic mass is 10.1. The molecule has 0 unspecified atom stereocenters. The maximum atomic E-state index is 8.64. The predicted octanol–water partition coefficient (Wildman–Crippen LogP) is 3.83. The van der Waals surface area contributed by atoms with Gasteiger partial charge in [-0.05, 0) is 37.0 Å². The number of nitrogens with zero attached hydrogens (tertiary/aromatic N) is 1. The Kier molecular flexibility index (Phi) is 5.80. The van der Waals surface area contributed by atoms with Crippen LogP contribution in [0.1, 0.15) is 24.0 Å². The number of nitriles is 1. The van der Waals surface area contributed by atoms with Crippen LogP contribution in [0.3, 0.4) is 0 Å². The number of hydrogen-bond donors (Lipinski definition) is 0. The molecule has 15 heavy (non-hydrogen) atoms. The summed E-state index contributed by atoms with van der Waals surface area (Å²) in [7, 11) is 0. The van der Waals surface area contributed by atoms with E-state index >= 15 is 0 Å². The van der Waals surface area contributed by atoms with Crippen molar-refractivity contribution in [2.24, 2.45) is 0 Å². The lowest BCUT2D eigenvalue weighted by Gasteiger charge is -1.97. The fourth-order valence-electron chi connectivity index (χ4n) is 1.29. The molecule has 0 atom stereocenters.